The third-order valence-electron chi connectivity index (χ3n) is 6.27. The standard InChI is InChI=1S/C36H28OS2.2CH4O3S/c1-5-13-31(14-6-1)38(32-15-7-2-8-16-32)35-25-21-29(22-26-35)37-30-23-27-36(28-24-30)39(33-17-9-3-10-18-33)34-19-11-4-12-20-34;2*1-5(2,3)4/h1-28H;2*1H3,(H,2,3,4)/q+2;;/p-2. The van der Waals surface area contributed by atoms with Crippen LogP contribution in [0.25, 0.3) is 0 Å². The van der Waals surface area contributed by atoms with Gasteiger partial charge < -0.3 is 13.8 Å². The van der Waals surface area contributed by atoms with Crippen LogP contribution in [0, 0.1) is 0 Å². The first kappa shape index (κ1) is 37.5. The molecule has 6 aromatic carbocycles. The van der Waals surface area contributed by atoms with Gasteiger partial charge in [0.25, 0.3) is 0 Å². The molecule has 0 N–H and O–H groups in total. The first-order chi connectivity index (χ1) is 23.3. The van der Waals surface area contributed by atoms with Crippen molar-refractivity contribution in [3.8, 4) is 11.5 Å². The zero-order chi connectivity index (χ0) is 35.3. The third-order valence-corrected chi connectivity index (χ3v) is 10.7. The van der Waals surface area contributed by atoms with Crippen molar-refractivity contribution >= 4 is 42.0 Å². The van der Waals surface area contributed by atoms with Crippen LogP contribution >= 0.6 is 0 Å². The number of hydrogen-bond acceptors (Lipinski definition) is 7. The summed E-state index contributed by atoms with van der Waals surface area (Å²) in [7, 11) is -8.17. The van der Waals surface area contributed by atoms with E-state index in [1.54, 1.807) is 0 Å². The summed E-state index contributed by atoms with van der Waals surface area (Å²) < 4.78 is 60.7. The van der Waals surface area contributed by atoms with Gasteiger partial charge in [0.2, 0.25) is 0 Å². The number of ether oxygens (including phenoxy) is 1. The van der Waals surface area contributed by atoms with Crippen LogP contribution < -0.4 is 4.74 Å². The van der Waals surface area contributed by atoms with Crippen LogP contribution in [0.15, 0.2) is 199 Å². The van der Waals surface area contributed by atoms with Crippen molar-refractivity contribution in [1.29, 1.82) is 0 Å². The van der Waals surface area contributed by atoms with Gasteiger partial charge in [-0.2, -0.15) is 0 Å². The second-order valence-corrected chi connectivity index (χ2v) is 17.2. The Kier molecular flexibility index (Phi) is 13.7. The Morgan fingerprint density at radius 1 is 0.367 bits per heavy atom. The van der Waals surface area contributed by atoms with Gasteiger partial charge in [-0.25, -0.2) is 16.8 Å². The van der Waals surface area contributed by atoms with Gasteiger partial charge in [0.05, 0.1) is 42.0 Å². The lowest BCUT2D eigenvalue weighted by Gasteiger charge is -2.10. The minimum Gasteiger partial charge on any atom is -0.748 e. The van der Waals surface area contributed by atoms with Crippen molar-refractivity contribution < 1.29 is 30.7 Å². The average molecular weight is 731 g/mol. The minimum absolute atomic E-state index is 0.169. The molecular formula is C38H34O7S4. The number of rotatable bonds is 8. The molecule has 0 fully saturated rings. The Morgan fingerprint density at radius 2 is 0.551 bits per heavy atom. The molecule has 0 heterocycles. The van der Waals surface area contributed by atoms with E-state index < -0.39 is 20.2 Å². The highest BCUT2D eigenvalue weighted by molar-refractivity contribution is 7.97. The van der Waals surface area contributed by atoms with Gasteiger partial charge >= 0.3 is 0 Å². The predicted molar refractivity (Wildman–Crippen MR) is 194 cm³/mol. The predicted octanol–water partition coefficient (Wildman–Crippen LogP) is 7.99. The average Bonchev–Trinajstić information content (AvgIpc) is 3.07. The molecule has 0 aliphatic carbocycles. The van der Waals surface area contributed by atoms with E-state index >= 15 is 0 Å². The van der Waals surface area contributed by atoms with Crippen LogP contribution in [0.3, 0.4) is 0 Å². The lowest BCUT2D eigenvalue weighted by atomic mass is 10.3. The van der Waals surface area contributed by atoms with Crippen molar-refractivity contribution in [1.82, 2.24) is 0 Å². The van der Waals surface area contributed by atoms with E-state index in [4.69, 9.17) is 30.7 Å². The Balaban J connectivity index is 0.000000477. The first-order valence-electron chi connectivity index (χ1n) is 14.7. The van der Waals surface area contributed by atoms with E-state index in [0.717, 1.165) is 11.5 Å². The van der Waals surface area contributed by atoms with Gasteiger partial charge in [-0.05, 0) is 97.1 Å². The molecule has 11 heteroatoms. The second kappa shape index (κ2) is 17.9. The SMILES string of the molecule is CS(=O)(=O)[O-].CS(=O)(=O)[O-].c1ccc([S+](c2ccccc2)c2ccc(Oc3ccc([S+](c4ccccc4)c4ccccc4)cc3)cc2)cc1. The summed E-state index contributed by atoms with van der Waals surface area (Å²) in [6.45, 7) is 0. The molecule has 0 spiro atoms. The van der Waals surface area contributed by atoms with Crippen LogP contribution in [0.1, 0.15) is 0 Å². The molecule has 0 amide bonds. The van der Waals surface area contributed by atoms with E-state index in [0.29, 0.717) is 12.5 Å². The highest BCUT2D eigenvalue weighted by atomic mass is 32.2. The van der Waals surface area contributed by atoms with Gasteiger partial charge in [0.1, 0.15) is 11.5 Å². The summed E-state index contributed by atoms with van der Waals surface area (Å²) in [6, 6.07) is 59.9. The molecule has 49 heavy (non-hydrogen) atoms. The first-order valence-corrected chi connectivity index (χ1v) is 20.8. The molecule has 6 aromatic rings. The van der Waals surface area contributed by atoms with E-state index in [2.05, 4.69) is 170 Å². The maximum Gasteiger partial charge on any atom is 0.166 e. The molecule has 0 bridgehead atoms. The Morgan fingerprint density at radius 3 is 0.755 bits per heavy atom. The normalized spacial score (nSPS) is 11.1. The van der Waals surface area contributed by atoms with Gasteiger partial charge in [-0.15, -0.1) is 0 Å². The fraction of sp³-hybridized carbons (Fsp3) is 0.0526. The number of benzene rings is 6. The smallest absolute Gasteiger partial charge is 0.166 e. The van der Waals surface area contributed by atoms with Crippen molar-refractivity contribution in [2.75, 3.05) is 12.5 Å². The van der Waals surface area contributed by atoms with Gasteiger partial charge in [0.15, 0.2) is 29.4 Å². The Labute approximate surface area is 294 Å². The third kappa shape index (κ3) is 13.2. The van der Waals surface area contributed by atoms with Crippen LogP contribution in [-0.4, -0.2) is 38.5 Å². The zero-order valence-corrected chi connectivity index (χ0v) is 29.9. The maximum atomic E-state index is 9.08. The van der Waals surface area contributed by atoms with Crippen LogP contribution in [0.2, 0.25) is 0 Å². The fourth-order valence-corrected chi connectivity index (χ4v) is 8.63. The highest BCUT2D eigenvalue weighted by Crippen LogP contribution is 2.35. The van der Waals surface area contributed by atoms with E-state index in [1.165, 1.54) is 29.4 Å². The molecule has 0 atom stereocenters. The summed E-state index contributed by atoms with van der Waals surface area (Å²) in [5.41, 5.74) is 0. The molecule has 7 nitrogen and oxygen atoms in total. The quantitative estimate of drug-likeness (QED) is 0.115. The molecule has 0 saturated heterocycles. The van der Waals surface area contributed by atoms with Crippen LogP contribution in [0.4, 0.5) is 0 Å². The van der Waals surface area contributed by atoms with Gasteiger partial charge in [-0.1, -0.05) is 72.8 Å². The fourth-order valence-electron chi connectivity index (χ4n) is 4.47. The summed E-state index contributed by atoms with van der Waals surface area (Å²) in [5.74, 6) is 1.67. The summed E-state index contributed by atoms with van der Waals surface area (Å²) in [5, 5.41) is 0. The van der Waals surface area contributed by atoms with Crippen molar-refractivity contribution in [3.05, 3.63) is 170 Å². The lowest BCUT2D eigenvalue weighted by molar-refractivity contribution is 0.468. The topological polar surface area (TPSA) is 124 Å². The molecule has 252 valence electrons. The molecule has 0 radical (unpaired) electrons. The maximum absolute atomic E-state index is 9.08. The largest absolute Gasteiger partial charge is 0.748 e. The molecule has 0 unspecified atom stereocenters. The lowest BCUT2D eigenvalue weighted by Crippen LogP contribution is -2.04. The molecular weight excluding hydrogens is 697 g/mol. The van der Waals surface area contributed by atoms with Crippen molar-refractivity contribution in [3.63, 3.8) is 0 Å². The van der Waals surface area contributed by atoms with E-state index in [9.17, 15) is 0 Å². The number of hydrogen-bond donors (Lipinski definition) is 0. The Hall–Kier alpha value is -4.36. The molecule has 6 rings (SSSR count). The minimum atomic E-state index is -3.92. The van der Waals surface area contributed by atoms with Gasteiger partial charge in [0, 0.05) is 12.5 Å². The van der Waals surface area contributed by atoms with Gasteiger partial charge in [-0.3, -0.25) is 0 Å². The summed E-state index contributed by atoms with van der Waals surface area (Å²) >= 11 is 0. The molecule has 0 aromatic heterocycles. The molecule has 0 saturated carbocycles. The second-order valence-electron chi connectivity index (χ2n) is 10.3. The van der Waals surface area contributed by atoms with Crippen LogP contribution in [-0.2, 0) is 42.0 Å². The van der Waals surface area contributed by atoms with Crippen LogP contribution in [0.5, 0.6) is 11.5 Å². The van der Waals surface area contributed by atoms with E-state index in [-0.39, 0.29) is 21.8 Å². The molecule has 0 aliphatic heterocycles. The van der Waals surface area contributed by atoms with E-state index in [1.807, 2.05) is 0 Å². The molecule has 0 aliphatic rings. The van der Waals surface area contributed by atoms with Crippen molar-refractivity contribution in [2.45, 2.75) is 29.4 Å². The van der Waals surface area contributed by atoms with Crippen molar-refractivity contribution in [2.24, 2.45) is 0 Å². The highest BCUT2D eigenvalue weighted by Gasteiger charge is 2.29. The Bertz CT molecular complexity index is 1830. The zero-order valence-electron chi connectivity index (χ0n) is 26.7. The summed E-state index contributed by atoms with van der Waals surface area (Å²) in [4.78, 5) is 7.76. The monoisotopic (exact) mass is 730 g/mol. The summed E-state index contributed by atoms with van der Waals surface area (Å²) in [6.07, 6.45) is 1.21.